The van der Waals surface area contributed by atoms with Gasteiger partial charge in [0.1, 0.15) is 22.6 Å². The summed E-state index contributed by atoms with van der Waals surface area (Å²) in [7, 11) is 1.37. The predicted octanol–water partition coefficient (Wildman–Crippen LogP) is 4.44. The van der Waals surface area contributed by atoms with Crippen LogP contribution in [0.15, 0.2) is 60.7 Å². The molecule has 0 saturated heterocycles. The van der Waals surface area contributed by atoms with Crippen LogP contribution in [0.1, 0.15) is 47.1 Å². The third kappa shape index (κ3) is 5.33. The molecule has 0 radical (unpaired) electrons. The topological polar surface area (TPSA) is 180 Å². The number of ether oxygens (including phenoxy) is 2. The highest BCUT2D eigenvalue weighted by Crippen LogP contribution is 2.39. The summed E-state index contributed by atoms with van der Waals surface area (Å²) in [4.78, 5) is 51.2. The number of benzene rings is 3. The molecule has 3 aromatic carbocycles. The molecule has 1 aliphatic heterocycles. The molecule has 0 unspecified atom stereocenters. The Hall–Kier alpha value is -5.65. The number of fused-ring (bicyclic) bond motifs is 2. The second-order valence-electron chi connectivity index (χ2n) is 11.4. The van der Waals surface area contributed by atoms with Crippen LogP contribution in [0.5, 0.6) is 5.75 Å². The number of hydrogen-bond acceptors (Lipinski definition) is 8. The molecule has 44 heavy (non-hydrogen) atoms. The fourth-order valence-electron chi connectivity index (χ4n) is 5.17. The Morgan fingerprint density at radius 2 is 1.77 bits per heavy atom. The van der Waals surface area contributed by atoms with E-state index < -0.39 is 23.6 Å². The van der Waals surface area contributed by atoms with E-state index in [0.29, 0.717) is 50.1 Å². The molecule has 226 valence electrons. The summed E-state index contributed by atoms with van der Waals surface area (Å²) < 4.78 is 12.1. The first-order valence-corrected chi connectivity index (χ1v) is 13.6. The molecule has 1 aliphatic rings. The normalized spacial score (nSPS) is 12.7. The molecule has 4 aromatic rings. The van der Waals surface area contributed by atoms with E-state index in [0.717, 1.165) is 4.68 Å². The monoisotopic (exact) mass is 597 g/mol. The number of carbonyl (C=O) groups is 4. The molecule has 5 N–H and O–H groups in total. The van der Waals surface area contributed by atoms with Crippen LogP contribution in [0.25, 0.3) is 33.3 Å². The molecule has 0 spiro atoms. The van der Waals surface area contributed by atoms with Crippen molar-refractivity contribution in [2.45, 2.75) is 32.9 Å². The molecule has 12 nitrogen and oxygen atoms in total. The minimum absolute atomic E-state index is 0.0292. The van der Waals surface area contributed by atoms with Crippen molar-refractivity contribution < 1.29 is 33.8 Å². The zero-order chi connectivity index (χ0) is 32.1. The summed E-state index contributed by atoms with van der Waals surface area (Å²) in [6.45, 7) is 9.04. The largest absolute Gasteiger partial charge is 0.496 e. The number of carboxylic acid groups (broad SMARTS) is 1. The number of methoxy groups -OCH3 is 1. The summed E-state index contributed by atoms with van der Waals surface area (Å²) in [5.41, 5.74) is 14.9. The molecule has 0 fully saturated rings. The van der Waals surface area contributed by atoms with Gasteiger partial charge in [0.25, 0.3) is 5.91 Å². The smallest absolute Gasteiger partial charge is 0.435 e. The summed E-state index contributed by atoms with van der Waals surface area (Å²) >= 11 is 0. The number of anilines is 1. The highest BCUT2D eigenvalue weighted by Gasteiger charge is 2.33. The number of nitrogens with two attached hydrogens (primary N) is 2. The van der Waals surface area contributed by atoms with Crippen molar-refractivity contribution in [1.29, 1.82) is 0 Å². The number of amides is 2. The molecular formula is C32H31N5O7. The molecule has 5 rings (SSSR count). The molecule has 0 aliphatic carbocycles. The average molecular weight is 598 g/mol. The van der Waals surface area contributed by atoms with Gasteiger partial charge in [0.2, 0.25) is 5.91 Å². The maximum Gasteiger partial charge on any atom is 0.435 e. The maximum atomic E-state index is 13.3. The van der Waals surface area contributed by atoms with Gasteiger partial charge in [-0.1, -0.05) is 24.8 Å². The number of aromatic carboxylic acids is 1. The zero-order valence-electron chi connectivity index (χ0n) is 24.6. The minimum Gasteiger partial charge on any atom is -0.496 e. The number of carbonyl (C=O) groups excluding carboxylic acids is 3. The van der Waals surface area contributed by atoms with E-state index >= 15 is 0 Å². The Kier molecular flexibility index (Phi) is 7.38. The highest BCUT2D eigenvalue weighted by atomic mass is 16.6. The van der Waals surface area contributed by atoms with Crippen molar-refractivity contribution in [3.05, 3.63) is 77.4 Å². The number of primary amides is 1. The van der Waals surface area contributed by atoms with Gasteiger partial charge in [0.05, 0.1) is 24.7 Å². The Balaban J connectivity index is 1.68. The Morgan fingerprint density at radius 1 is 1.07 bits per heavy atom. The SMILES string of the molecule is C=C(CN1Cc2c(-c3ccc4c(c3)c(-c3ccc(C(=O)O)c(OC)c3)nn4C(=O)OC(C)(C)C)ccc(N)c2C1=O)C(N)=O. The molecule has 0 saturated carbocycles. The zero-order valence-corrected chi connectivity index (χ0v) is 24.6. The van der Waals surface area contributed by atoms with Crippen LogP contribution in [0.2, 0.25) is 0 Å². The quantitative estimate of drug-likeness (QED) is 0.205. The minimum atomic E-state index is -1.15. The number of aromatic nitrogens is 2. The van der Waals surface area contributed by atoms with Gasteiger partial charge in [-0.2, -0.15) is 9.78 Å². The second kappa shape index (κ2) is 10.9. The van der Waals surface area contributed by atoms with E-state index in [1.165, 1.54) is 18.1 Å². The third-order valence-electron chi connectivity index (χ3n) is 7.19. The lowest BCUT2D eigenvalue weighted by molar-refractivity contribution is -0.114. The van der Waals surface area contributed by atoms with Gasteiger partial charge in [-0.25, -0.2) is 9.59 Å². The summed E-state index contributed by atoms with van der Waals surface area (Å²) in [5.74, 6) is -2.07. The van der Waals surface area contributed by atoms with Crippen LogP contribution in [-0.2, 0) is 16.1 Å². The van der Waals surface area contributed by atoms with E-state index in [-0.39, 0.29) is 35.9 Å². The molecule has 2 amide bonds. The molecule has 12 heteroatoms. The molecule has 0 bridgehead atoms. The number of nitrogen functional groups attached to an aromatic ring is 1. The van der Waals surface area contributed by atoms with Crippen LogP contribution in [-0.4, -0.2) is 62.9 Å². The van der Waals surface area contributed by atoms with Gasteiger partial charge in [-0.3, -0.25) is 9.59 Å². The number of carboxylic acids is 1. The number of nitrogens with zero attached hydrogens (tertiary/aromatic N) is 3. The van der Waals surface area contributed by atoms with E-state index in [4.69, 9.17) is 20.9 Å². The van der Waals surface area contributed by atoms with Crippen LogP contribution >= 0.6 is 0 Å². The lowest BCUT2D eigenvalue weighted by Gasteiger charge is -2.19. The Labute approximate surface area is 252 Å². The van der Waals surface area contributed by atoms with Gasteiger partial charge in [-0.05, 0) is 67.8 Å². The number of hydrogen-bond donors (Lipinski definition) is 3. The van der Waals surface area contributed by atoms with Gasteiger partial charge >= 0.3 is 12.1 Å². The average Bonchev–Trinajstić information content (AvgIpc) is 3.50. The van der Waals surface area contributed by atoms with E-state index in [1.54, 1.807) is 57.2 Å². The standard InChI is InChI=1S/C32H31N5O7/c1-16(28(34)38)14-36-15-22-19(9-10-23(33)26(22)29(36)39)17-7-11-24-21(12-17)27(35-37(24)31(42)44-32(2,3)4)18-6-8-20(30(40)41)25(13-18)43-5/h6-13H,1,14-15,33H2,2-5H3,(H2,34,38)(H,40,41). The maximum absolute atomic E-state index is 13.3. The first-order chi connectivity index (χ1) is 20.7. The van der Waals surface area contributed by atoms with Crippen LogP contribution < -0.4 is 16.2 Å². The van der Waals surface area contributed by atoms with Crippen molar-refractivity contribution in [3.8, 4) is 28.1 Å². The Bertz CT molecular complexity index is 1900. The van der Waals surface area contributed by atoms with Crippen LogP contribution in [0.3, 0.4) is 0 Å². The lowest BCUT2D eigenvalue weighted by Crippen LogP contribution is -2.30. The third-order valence-corrected chi connectivity index (χ3v) is 7.19. The molecule has 2 heterocycles. The van der Waals surface area contributed by atoms with Gasteiger partial charge in [0, 0.05) is 28.8 Å². The van der Waals surface area contributed by atoms with Gasteiger partial charge < -0.3 is 30.9 Å². The van der Waals surface area contributed by atoms with E-state index in [1.807, 2.05) is 6.07 Å². The van der Waals surface area contributed by atoms with Crippen LogP contribution in [0, 0.1) is 0 Å². The fourth-order valence-corrected chi connectivity index (χ4v) is 5.17. The van der Waals surface area contributed by atoms with Crippen molar-refractivity contribution >= 4 is 40.5 Å². The Morgan fingerprint density at radius 3 is 2.41 bits per heavy atom. The van der Waals surface area contributed by atoms with E-state index in [2.05, 4.69) is 11.7 Å². The van der Waals surface area contributed by atoms with Gasteiger partial charge in [-0.15, -0.1) is 0 Å². The molecular weight excluding hydrogens is 566 g/mol. The summed E-state index contributed by atoms with van der Waals surface area (Å²) in [6.07, 6.45) is -0.695. The lowest BCUT2D eigenvalue weighted by atomic mass is 9.94. The van der Waals surface area contributed by atoms with Crippen molar-refractivity contribution in [2.24, 2.45) is 5.73 Å². The van der Waals surface area contributed by atoms with E-state index in [9.17, 15) is 24.3 Å². The highest BCUT2D eigenvalue weighted by molar-refractivity contribution is 6.07. The van der Waals surface area contributed by atoms with Gasteiger partial charge in [0.15, 0.2) is 0 Å². The second-order valence-corrected chi connectivity index (χ2v) is 11.4. The molecule has 0 atom stereocenters. The summed E-state index contributed by atoms with van der Waals surface area (Å²) in [6, 6.07) is 13.3. The molecule has 1 aromatic heterocycles. The van der Waals surface area contributed by atoms with Crippen molar-refractivity contribution in [3.63, 3.8) is 0 Å². The van der Waals surface area contributed by atoms with Crippen LogP contribution in [0.4, 0.5) is 10.5 Å². The number of rotatable bonds is 7. The van der Waals surface area contributed by atoms with Crippen molar-refractivity contribution in [2.75, 3.05) is 19.4 Å². The van der Waals surface area contributed by atoms with Crippen molar-refractivity contribution in [1.82, 2.24) is 14.7 Å². The predicted molar refractivity (Wildman–Crippen MR) is 163 cm³/mol. The first-order valence-electron chi connectivity index (χ1n) is 13.6. The fraction of sp³-hybridized carbons (Fsp3) is 0.219. The first kappa shape index (κ1) is 29.8. The summed E-state index contributed by atoms with van der Waals surface area (Å²) in [5, 5.41) is 14.7.